The molecule has 0 heterocycles. The first-order chi connectivity index (χ1) is 11.1. The number of esters is 1. The van der Waals surface area contributed by atoms with Crippen molar-refractivity contribution < 1.29 is 23.4 Å². The van der Waals surface area contributed by atoms with E-state index in [0.29, 0.717) is 6.61 Å². The van der Waals surface area contributed by atoms with E-state index in [1.165, 1.54) is 0 Å². The monoisotopic (exact) mass is 420 g/mol. The van der Waals surface area contributed by atoms with Gasteiger partial charge in [0.1, 0.15) is 15.9 Å². The third-order valence-electron chi connectivity index (χ3n) is 3.13. The van der Waals surface area contributed by atoms with Gasteiger partial charge in [-0.15, -0.1) is 0 Å². The van der Waals surface area contributed by atoms with Crippen LogP contribution in [-0.2, 0) is 18.6 Å². The van der Waals surface area contributed by atoms with Crippen molar-refractivity contribution in [2.75, 3.05) is 19.9 Å². The number of carbonyl (C=O) groups is 1. The summed E-state index contributed by atoms with van der Waals surface area (Å²) in [7, 11) is -1.51. The number of hydrogen-bond donors (Lipinski definition) is 0. The molecular weight excluding hydrogens is 395 g/mol. The van der Waals surface area contributed by atoms with Gasteiger partial charge in [0.15, 0.2) is 0 Å². The van der Waals surface area contributed by atoms with E-state index >= 15 is 0 Å². The summed E-state index contributed by atoms with van der Waals surface area (Å²) in [6.07, 6.45) is 0.171. The Balaban J connectivity index is 2.85. The minimum atomic E-state index is -3.10. The molecule has 0 aliphatic carbocycles. The van der Waals surface area contributed by atoms with E-state index in [-0.39, 0.29) is 18.6 Å². The lowest BCUT2D eigenvalue weighted by Gasteiger charge is -2.24. The van der Waals surface area contributed by atoms with Crippen LogP contribution in [0, 0.1) is 0 Å². The summed E-state index contributed by atoms with van der Waals surface area (Å²) < 4.78 is 28.7. The standard InChI is InChI=1S/C17H26BrO5P/c1-6-22-24(20,12-11-15(19)23-17(2,3)4)16(18)13-7-9-14(21-5)10-8-13/h7-10,16H,6,11-12H2,1-5H3. The molecule has 5 nitrogen and oxygen atoms in total. The molecule has 0 aliphatic heterocycles. The number of hydrogen-bond acceptors (Lipinski definition) is 5. The van der Waals surface area contributed by atoms with E-state index in [1.54, 1.807) is 46.9 Å². The Morgan fingerprint density at radius 2 is 1.83 bits per heavy atom. The van der Waals surface area contributed by atoms with Crippen LogP contribution in [0.1, 0.15) is 44.2 Å². The molecular formula is C17H26BrO5P. The third kappa shape index (κ3) is 6.58. The van der Waals surface area contributed by atoms with Crippen LogP contribution in [0.15, 0.2) is 24.3 Å². The van der Waals surface area contributed by atoms with Crippen LogP contribution in [0.5, 0.6) is 5.75 Å². The van der Waals surface area contributed by atoms with Gasteiger partial charge in [-0.3, -0.25) is 9.36 Å². The largest absolute Gasteiger partial charge is 0.497 e. The van der Waals surface area contributed by atoms with Gasteiger partial charge in [0.2, 0.25) is 7.37 Å². The zero-order valence-electron chi connectivity index (χ0n) is 14.9. The predicted octanol–water partition coefficient (Wildman–Crippen LogP) is 5.14. The van der Waals surface area contributed by atoms with Crippen molar-refractivity contribution in [2.45, 2.75) is 44.3 Å². The van der Waals surface area contributed by atoms with Crippen molar-refractivity contribution in [1.29, 1.82) is 0 Å². The second-order valence-corrected chi connectivity index (χ2v) is 10.6. The molecule has 0 saturated carbocycles. The fraction of sp³-hybridized carbons (Fsp3) is 0.588. The Bertz CT molecular complexity index is 580. The molecule has 0 amide bonds. The van der Waals surface area contributed by atoms with Gasteiger partial charge in [-0.05, 0) is 45.4 Å². The Hall–Kier alpha value is -0.840. The average molecular weight is 421 g/mol. The number of carbonyl (C=O) groups excluding carboxylic acids is 1. The quantitative estimate of drug-likeness (QED) is 0.331. The fourth-order valence-corrected chi connectivity index (χ4v) is 5.41. The van der Waals surface area contributed by atoms with E-state index in [9.17, 15) is 9.36 Å². The normalized spacial score (nSPS) is 15.4. The maximum atomic E-state index is 13.2. The molecule has 0 aliphatic rings. The van der Waals surface area contributed by atoms with Gasteiger partial charge >= 0.3 is 5.97 Å². The molecule has 0 N–H and O–H groups in total. The van der Waals surface area contributed by atoms with Gasteiger partial charge in [0, 0.05) is 6.16 Å². The van der Waals surface area contributed by atoms with Crippen LogP contribution >= 0.6 is 23.3 Å². The number of rotatable bonds is 8. The van der Waals surface area contributed by atoms with Crippen LogP contribution in [-0.4, -0.2) is 31.4 Å². The molecule has 0 bridgehead atoms. The number of alkyl halides is 1. The summed E-state index contributed by atoms with van der Waals surface area (Å²) in [5.74, 6) is 0.343. The number of halogens is 1. The lowest BCUT2D eigenvalue weighted by atomic mass is 10.2. The van der Waals surface area contributed by atoms with Gasteiger partial charge in [0.05, 0.1) is 20.1 Å². The van der Waals surface area contributed by atoms with E-state index in [1.807, 2.05) is 12.1 Å². The molecule has 2 atom stereocenters. The molecule has 0 aromatic heterocycles. The highest BCUT2D eigenvalue weighted by molar-refractivity contribution is 9.10. The average Bonchev–Trinajstić information content (AvgIpc) is 2.51. The summed E-state index contributed by atoms with van der Waals surface area (Å²) >= 11 is 3.49. The van der Waals surface area contributed by atoms with Gasteiger partial charge < -0.3 is 14.0 Å². The second kappa shape index (κ2) is 9.02. The van der Waals surface area contributed by atoms with Gasteiger partial charge in [-0.25, -0.2) is 0 Å². The van der Waals surface area contributed by atoms with Crippen LogP contribution in [0.2, 0.25) is 0 Å². The summed E-state index contributed by atoms with van der Waals surface area (Å²) in [6, 6.07) is 7.26. The summed E-state index contributed by atoms with van der Waals surface area (Å²) in [6.45, 7) is 7.50. The first-order valence-corrected chi connectivity index (χ1v) is 10.6. The lowest BCUT2D eigenvalue weighted by Crippen LogP contribution is -2.24. The second-order valence-electron chi connectivity index (χ2n) is 6.31. The highest BCUT2D eigenvalue weighted by Gasteiger charge is 2.34. The smallest absolute Gasteiger partial charge is 0.306 e. The third-order valence-corrected chi connectivity index (χ3v) is 8.06. The van der Waals surface area contributed by atoms with Gasteiger partial charge in [-0.1, -0.05) is 28.1 Å². The van der Waals surface area contributed by atoms with Crippen LogP contribution in [0.25, 0.3) is 0 Å². The number of benzene rings is 1. The van der Waals surface area contributed by atoms with Crippen molar-refractivity contribution in [2.24, 2.45) is 0 Å². The number of methoxy groups -OCH3 is 1. The first kappa shape index (κ1) is 21.2. The lowest BCUT2D eigenvalue weighted by molar-refractivity contribution is -0.154. The molecule has 0 radical (unpaired) electrons. The van der Waals surface area contributed by atoms with Crippen molar-refractivity contribution in [3.05, 3.63) is 29.8 Å². The van der Waals surface area contributed by atoms with Gasteiger partial charge in [-0.2, -0.15) is 0 Å². The van der Waals surface area contributed by atoms with E-state index in [2.05, 4.69) is 15.9 Å². The molecule has 136 valence electrons. The first-order valence-electron chi connectivity index (χ1n) is 7.84. The van der Waals surface area contributed by atoms with Crippen LogP contribution in [0.4, 0.5) is 0 Å². The Labute approximate surface area is 152 Å². The molecule has 1 aromatic rings. The minimum absolute atomic E-state index is 0.0484. The maximum Gasteiger partial charge on any atom is 0.306 e. The molecule has 7 heteroatoms. The molecule has 1 aromatic carbocycles. The Kier molecular flexibility index (Phi) is 7.97. The summed E-state index contributed by atoms with van der Waals surface area (Å²) in [4.78, 5) is 11.9. The van der Waals surface area contributed by atoms with Crippen molar-refractivity contribution in [3.63, 3.8) is 0 Å². The molecule has 2 unspecified atom stereocenters. The predicted molar refractivity (Wildman–Crippen MR) is 99.2 cm³/mol. The zero-order chi connectivity index (χ0) is 18.4. The minimum Gasteiger partial charge on any atom is -0.497 e. The summed E-state index contributed by atoms with van der Waals surface area (Å²) in [5, 5.41) is 0. The zero-order valence-corrected chi connectivity index (χ0v) is 17.4. The Morgan fingerprint density at radius 1 is 1.25 bits per heavy atom. The molecule has 1 rings (SSSR count). The summed E-state index contributed by atoms with van der Waals surface area (Å²) in [5.41, 5.74) is 0.257. The molecule has 0 fully saturated rings. The number of ether oxygens (including phenoxy) is 2. The van der Waals surface area contributed by atoms with Gasteiger partial charge in [0.25, 0.3) is 0 Å². The Morgan fingerprint density at radius 3 is 2.29 bits per heavy atom. The topological polar surface area (TPSA) is 61.8 Å². The molecule has 0 spiro atoms. The van der Waals surface area contributed by atoms with Crippen LogP contribution in [0.3, 0.4) is 0 Å². The van der Waals surface area contributed by atoms with Crippen molar-refractivity contribution in [3.8, 4) is 5.75 Å². The van der Waals surface area contributed by atoms with Crippen LogP contribution < -0.4 is 4.74 Å². The van der Waals surface area contributed by atoms with E-state index in [0.717, 1.165) is 11.3 Å². The van der Waals surface area contributed by atoms with E-state index in [4.69, 9.17) is 14.0 Å². The SMILES string of the molecule is CCOP(=O)(CCC(=O)OC(C)(C)C)C(Br)c1ccc(OC)cc1. The van der Waals surface area contributed by atoms with Crippen molar-refractivity contribution in [1.82, 2.24) is 0 Å². The highest BCUT2D eigenvalue weighted by Crippen LogP contribution is 2.63. The fourth-order valence-electron chi connectivity index (χ4n) is 2.09. The molecule has 0 saturated heterocycles. The maximum absolute atomic E-state index is 13.2. The van der Waals surface area contributed by atoms with Crippen molar-refractivity contribution >= 4 is 29.3 Å². The molecule has 24 heavy (non-hydrogen) atoms. The highest BCUT2D eigenvalue weighted by atomic mass is 79.9. The van der Waals surface area contributed by atoms with E-state index < -0.39 is 17.5 Å².